The number of ether oxygens (including phenoxy) is 1. The number of aromatic nitrogens is 1. The first kappa shape index (κ1) is 22.9. The summed E-state index contributed by atoms with van der Waals surface area (Å²) in [6.45, 7) is 1.49. The Labute approximate surface area is 186 Å². The van der Waals surface area contributed by atoms with Gasteiger partial charge in [-0.3, -0.25) is 14.4 Å². The first-order chi connectivity index (χ1) is 15.1. The number of hydrogen-bond acceptors (Lipinski definition) is 6. The SMILES string of the molecule is O=C(CN(C[C@H]1CCCO1)C(=O)CCC(=O)Nc1nccs1)NCCc1ccccc1. The second kappa shape index (κ2) is 12.2. The van der Waals surface area contributed by atoms with Crippen LogP contribution in [0.2, 0.25) is 0 Å². The molecule has 2 heterocycles. The van der Waals surface area contributed by atoms with Crippen molar-refractivity contribution in [1.29, 1.82) is 0 Å². The monoisotopic (exact) mass is 444 g/mol. The molecule has 166 valence electrons. The lowest BCUT2D eigenvalue weighted by molar-refractivity contribution is -0.138. The van der Waals surface area contributed by atoms with Gasteiger partial charge in [0.2, 0.25) is 17.7 Å². The van der Waals surface area contributed by atoms with Crippen molar-refractivity contribution in [2.45, 2.75) is 38.2 Å². The molecule has 0 radical (unpaired) electrons. The van der Waals surface area contributed by atoms with E-state index in [9.17, 15) is 14.4 Å². The van der Waals surface area contributed by atoms with Crippen LogP contribution in [0.25, 0.3) is 0 Å². The summed E-state index contributed by atoms with van der Waals surface area (Å²) >= 11 is 1.32. The molecule has 8 nitrogen and oxygen atoms in total. The van der Waals surface area contributed by atoms with E-state index < -0.39 is 0 Å². The van der Waals surface area contributed by atoms with Crippen LogP contribution in [0.15, 0.2) is 41.9 Å². The molecule has 2 N–H and O–H groups in total. The maximum absolute atomic E-state index is 12.8. The molecule has 0 bridgehead atoms. The number of nitrogens with zero attached hydrogens (tertiary/aromatic N) is 2. The van der Waals surface area contributed by atoms with Gasteiger partial charge in [0.15, 0.2) is 5.13 Å². The molecule has 1 fully saturated rings. The van der Waals surface area contributed by atoms with E-state index in [1.807, 2.05) is 30.3 Å². The van der Waals surface area contributed by atoms with Gasteiger partial charge in [-0.25, -0.2) is 4.98 Å². The van der Waals surface area contributed by atoms with Crippen LogP contribution in [-0.4, -0.2) is 60.0 Å². The summed E-state index contributed by atoms with van der Waals surface area (Å²) < 4.78 is 5.64. The van der Waals surface area contributed by atoms with Gasteiger partial charge in [-0.1, -0.05) is 30.3 Å². The molecule has 0 spiro atoms. The van der Waals surface area contributed by atoms with Crippen LogP contribution in [0.5, 0.6) is 0 Å². The Hall–Kier alpha value is -2.78. The lowest BCUT2D eigenvalue weighted by Gasteiger charge is -2.25. The van der Waals surface area contributed by atoms with Crippen molar-refractivity contribution in [1.82, 2.24) is 15.2 Å². The quantitative estimate of drug-likeness (QED) is 0.554. The number of carbonyl (C=O) groups is 3. The van der Waals surface area contributed by atoms with E-state index in [2.05, 4.69) is 15.6 Å². The molecule has 1 saturated heterocycles. The predicted molar refractivity (Wildman–Crippen MR) is 119 cm³/mol. The van der Waals surface area contributed by atoms with Gasteiger partial charge in [-0.15, -0.1) is 11.3 Å². The molecule has 3 rings (SSSR count). The highest BCUT2D eigenvalue weighted by atomic mass is 32.1. The van der Waals surface area contributed by atoms with Crippen LogP contribution < -0.4 is 10.6 Å². The summed E-state index contributed by atoms with van der Waals surface area (Å²) in [5.41, 5.74) is 1.14. The Bertz CT molecular complexity index is 838. The first-order valence-electron chi connectivity index (χ1n) is 10.5. The minimum absolute atomic E-state index is 0.0290. The summed E-state index contributed by atoms with van der Waals surface area (Å²) in [5, 5.41) is 7.81. The molecule has 1 aliphatic heterocycles. The topological polar surface area (TPSA) is 101 Å². The van der Waals surface area contributed by atoms with Crippen LogP contribution in [0.3, 0.4) is 0 Å². The van der Waals surface area contributed by atoms with Crippen LogP contribution in [0.4, 0.5) is 5.13 Å². The van der Waals surface area contributed by atoms with E-state index in [1.54, 1.807) is 11.6 Å². The Morgan fingerprint density at radius 3 is 2.71 bits per heavy atom. The molecule has 0 aliphatic carbocycles. The Morgan fingerprint density at radius 1 is 1.16 bits per heavy atom. The van der Waals surface area contributed by atoms with E-state index in [1.165, 1.54) is 16.2 Å². The van der Waals surface area contributed by atoms with E-state index in [0.717, 1.165) is 24.8 Å². The summed E-state index contributed by atoms with van der Waals surface area (Å²) in [6.07, 6.45) is 4.15. The van der Waals surface area contributed by atoms with E-state index in [4.69, 9.17) is 4.74 Å². The minimum atomic E-state index is -0.271. The molecular formula is C22H28N4O4S. The van der Waals surface area contributed by atoms with Crippen molar-refractivity contribution in [3.63, 3.8) is 0 Å². The second-order valence-electron chi connectivity index (χ2n) is 7.38. The van der Waals surface area contributed by atoms with Crippen molar-refractivity contribution >= 4 is 34.2 Å². The normalized spacial score (nSPS) is 15.4. The zero-order valence-electron chi connectivity index (χ0n) is 17.4. The van der Waals surface area contributed by atoms with Crippen molar-refractivity contribution in [3.8, 4) is 0 Å². The number of nitrogens with one attached hydrogen (secondary N) is 2. The Kier molecular flexibility index (Phi) is 8.99. The van der Waals surface area contributed by atoms with Crippen LogP contribution in [0, 0.1) is 0 Å². The number of amides is 3. The van der Waals surface area contributed by atoms with Gasteiger partial charge in [0.1, 0.15) is 0 Å². The second-order valence-corrected chi connectivity index (χ2v) is 8.27. The third-order valence-corrected chi connectivity index (χ3v) is 5.65. The van der Waals surface area contributed by atoms with Crippen LogP contribution in [0.1, 0.15) is 31.2 Å². The summed E-state index contributed by atoms with van der Waals surface area (Å²) in [5.74, 6) is -0.717. The number of benzene rings is 1. The maximum Gasteiger partial charge on any atom is 0.239 e. The number of anilines is 1. The molecule has 0 saturated carbocycles. The fraction of sp³-hybridized carbons (Fsp3) is 0.455. The molecule has 31 heavy (non-hydrogen) atoms. The molecule has 1 aromatic heterocycles. The highest BCUT2D eigenvalue weighted by Crippen LogP contribution is 2.15. The minimum Gasteiger partial charge on any atom is -0.376 e. The molecule has 2 aromatic rings. The number of hydrogen-bond donors (Lipinski definition) is 2. The molecule has 1 aliphatic rings. The molecule has 1 atom stereocenters. The van der Waals surface area contributed by atoms with Gasteiger partial charge in [0, 0.05) is 44.1 Å². The fourth-order valence-electron chi connectivity index (χ4n) is 3.35. The summed E-state index contributed by atoms with van der Waals surface area (Å²) in [6, 6.07) is 9.90. The Morgan fingerprint density at radius 2 is 2.00 bits per heavy atom. The van der Waals surface area contributed by atoms with E-state index in [-0.39, 0.29) is 43.2 Å². The number of rotatable bonds is 11. The molecule has 9 heteroatoms. The van der Waals surface area contributed by atoms with Crippen molar-refractivity contribution in [2.24, 2.45) is 0 Å². The number of carbonyl (C=O) groups excluding carboxylic acids is 3. The van der Waals surface area contributed by atoms with Crippen molar-refractivity contribution < 1.29 is 19.1 Å². The van der Waals surface area contributed by atoms with Gasteiger partial charge < -0.3 is 20.3 Å². The molecule has 3 amide bonds. The van der Waals surface area contributed by atoms with Gasteiger partial charge >= 0.3 is 0 Å². The Balaban J connectivity index is 1.46. The molecule has 0 unspecified atom stereocenters. The third kappa shape index (κ3) is 8.10. The average molecular weight is 445 g/mol. The van der Waals surface area contributed by atoms with Gasteiger partial charge in [-0.2, -0.15) is 0 Å². The van der Waals surface area contributed by atoms with Crippen LogP contribution >= 0.6 is 11.3 Å². The molecular weight excluding hydrogens is 416 g/mol. The highest BCUT2D eigenvalue weighted by Gasteiger charge is 2.24. The zero-order valence-corrected chi connectivity index (χ0v) is 18.2. The predicted octanol–water partition coefficient (Wildman–Crippen LogP) is 2.23. The largest absolute Gasteiger partial charge is 0.376 e. The average Bonchev–Trinajstić information content (AvgIpc) is 3.47. The third-order valence-electron chi connectivity index (χ3n) is 4.96. The number of thiazole rings is 1. The van der Waals surface area contributed by atoms with Gasteiger partial charge in [0.05, 0.1) is 12.6 Å². The zero-order chi connectivity index (χ0) is 21.9. The lowest BCUT2D eigenvalue weighted by Crippen LogP contribution is -2.44. The summed E-state index contributed by atoms with van der Waals surface area (Å²) in [7, 11) is 0. The first-order valence-corrected chi connectivity index (χ1v) is 11.4. The maximum atomic E-state index is 12.8. The van der Waals surface area contributed by atoms with E-state index >= 15 is 0 Å². The van der Waals surface area contributed by atoms with Gasteiger partial charge in [0.25, 0.3) is 0 Å². The van der Waals surface area contributed by atoms with Crippen LogP contribution in [-0.2, 0) is 25.5 Å². The summed E-state index contributed by atoms with van der Waals surface area (Å²) in [4.78, 5) is 42.8. The van der Waals surface area contributed by atoms with Gasteiger partial charge in [-0.05, 0) is 24.8 Å². The highest BCUT2D eigenvalue weighted by molar-refractivity contribution is 7.13. The van der Waals surface area contributed by atoms with Crippen molar-refractivity contribution in [3.05, 3.63) is 47.5 Å². The van der Waals surface area contributed by atoms with Crippen molar-refractivity contribution in [2.75, 3.05) is 31.6 Å². The smallest absolute Gasteiger partial charge is 0.239 e. The van der Waals surface area contributed by atoms with E-state index in [0.29, 0.717) is 24.8 Å². The standard InChI is InChI=1S/C22H28N4O4S/c27-19(25-22-24-12-14-31-22)8-9-21(29)26(15-18-7-4-13-30-18)16-20(28)23-11-10-17-5-2-1-3-6-17/h1-3,5-6,12,14,18H,4,7-11,13,15-16H2,(H,23,28)(H,24,25,27)/t18-/m1/s1. The molecule has 1 aromatic carbocycles. The fourth-order valence-corrected chi connectivity index (χ4v) is 3.90. The lowest BCUT2D eigenvalue weighted by atomic mass is 10.1.